The van der Waals surface area contributed by atoms with Crippen molar-refractivity contribution in [2.75, 3.05) is 26.2 Å². The third-order valence-corrected chi connectivity index (χ3v) is 4.42. The van der Waals surface area contributed by atoms with Crippen molar-refractivity contribution in [2.45, 2.75) is 18.9 Å². The topological polar surface area (TPSA) is 12.5 Å². The van der Waals surface area contributed by atoms with Gasteiger partial charge in [-0.1, -0.05) is 54.1 Å². The Morgan fingerprint density at radius 3 is 2.23 bits per heavy atom. The van der Waals surface area contributed by atoms with Gasteiger partial charge in [-0.05, 0) is 49.2 Å². The summed E-state index contributed by atoms with van der Waals surface area (Å²) in [6, 6.07) is 18.3. The van der Waals surface area contributed by atoms with Gasteiger partial charge in [-0.15, -0.1) is 0 Å². The van der Waals surface area contributed by atoms with E-state index >= 15 is 0 Å². The first-order valence-corrected chi connectivity index (χ1v) is 8.35. The van der Waals surface area contributed by atoms with Crippen molar-refractivity contribution >= 4 is 11.6 Å². The summed E-state index contributed by atoms with van der Waals surface area (Å²) in [4.78, 5) is 2.48. The molecular weight excluding hydrogens is 294 g/mol. The second kappa shape index (κ2) is 7.77. The molecule has 0 unspecified atom stereocenters. The molecule has 3 rings (SSSR count). The van der Waals surface area contributed by atoms with Crippen molar-refractivity contribution < 1.29 is 4.74 Å². The van der Waals surface area contributed by atoms with Gasteiger partial charge < -0.3 is 9.64 Å². The Morgan fingerprint density at radius 2 is 1.55 bits per heavy atom. The fourth-order valence-electron chi connectivity index (χ4n) is 2.96. The van der Waals surface area contributed by atoms with Crippen LogP contribution in [0.25, 0.3) is 0 Å². The zero-order valence-electron chi connectivity index (χ0n) is 12.7. The minimum atomic E-state index is -0.0268. The smallest absolute Gasteiger partial charge is 0.108 e. The summed E-state index contributed by atoms with van der Waals surface area (Å²) in [5.74, 6) is 0. The maximum atomic E-state index is 6.23. The third-order valence-electron chi connectivity index (χ3n) is 4.17. The maximum absolute atomic E-state index is 6.23. The normalized spacial score (nSPS) is 16.8. The summed E-state index contributed by atoms with van der Waals surface area (Å²) in [5.41, 5.74) is 2.34. The first-order chi connectivity index (χ1) is 10.8. The quantitative estimate of drug-likeness (QED) is 0.776. The SMILES string of the molecule is Clc1ccc([C@@H](OCCN2CCCC2)c2ccccc2)cc1. The lowest BCUT2D eigenvalue weighted by Crippen LogP contribution is -2.25. The van der Waals surface area contributed by atoms with Crippen molar-refractivity contribution in [2.24, 2.45) is 0 Å². The highest BCUT2D eigenvalue weighted by Gasteiger charge is 2.16. The molecule has 0 N–H and O–H groups in total. The van der Waals surface area contributed by atoms with Gasteiger partial charge in [0.1, 0.15) is 6.10 Å². The molecule has 1 heterocycles. The lowest BCUT2D eigenvalue weighted by atomic mass is 10.0. The predicted molar refractivity (Wildman–Crippen MR) is 91.4 cm³/mol. The van der Waals surface area contributed by atoms with E-state index in [2.05, 4.69) is 41.3 Å². The van der Waals surface area contributed by atoms with Crippen molar-refractivity contribution in [3.63, 3.8) is 0 Å². The Balaban J connectivity index is 1.70. The molecule has 0 aromatic heterocycles. The number of ether oxygens (including phenoxy) is 1. The molecule has 0 amide bonds. The Bertz CT molecular complexity index is 564. The maximum Gasteiger partial charge on any atom is 0.108 e. The average molecular weight is 316 g/mol. The molecule has 2 nitrogen and oxygen atoms in total. The highest BCUT2D eigenvalue weighted by atomic mass is 35.5. The van der Waals surface area contributed by atoms with Crippen LogP contribution in [0.15, 0.2) is 54.6 Å². The van der Waals surface area contributed by atoms with Crippen LogP contribution in [0.4, 0.5) is 0 Å². The largest absolute Gasteiger partial charge is 0.367 e. The first-order valence-electron chi connectivity index (χ1n) is 7.97. The molecule has 116 valence electrons. The molecule has 2 aromatic rings. The van der Waals surface area contributed by atoms with E-state index in [-0.39, 0.29) is 6.10 Å². The molecule has 1 saturated heterocycles. The minimum absolute atomic E-state index is 0.0268. The third kappa shape index (κ3) is 4.10. The van der Waals surface area contributed by atoms with Crippen molar-refractivity contribution in [3.8, 4) is 0 Å². The van der Waals surface area contributed by atoms with Crippen LogP contribution in [0.1, 0.15) is 30.1 Å². The van der Waals surface area contributed by atoms with E-state index < -0.39 is 0 Å². The summed E-state index contributed by atoms with van der Waals surface area (Å²) in [6.07, 6.45) is 2.61. The Kier molecular flexibility index (Phi) is 5.49. The summed E-state index contributed by atoms with van der Waals surface area (Å²) >= 11 is 6.01. The second-order valence-electron chi connectivity index (χ2n) is 5.76. The van der Waals surface area contributed by atoms with Crippen LogP contribution in [0.5, 0.6) is 0 Å². The number of nitrogens with zero attached hydrogens (tertiary/aromatic N) is 1. The lowest BCUT2D eigenvalue weighted by molar-refractivity contribution is 0.0644. The van der Waals surface area contributed by atoms with Gasteiger partial charge in [0.15, 0.2) is 0 Å². The van der Waals surface area contributed by atoms with Crippen LogP contribution >= 0.6 is 11.6 Å². The van der Waals surface area contributed by atoms with Gasteiger partial charge in [-0.2, -0.15) is 0 Å². The molecule has 2 aromatic carbocycles. The molecule has 1 fully saturated rings. The molecule has 0 bridgehead atoms. The van der Waals surface area contributed by atoms with E-state index in [1.165, 1.54) is 31.5 Å². The monoisotopic (exact) mass is 315 g/mol. The summed E-state index contributed by atoms with van der Waals surface area (Å²) in [6.45, 7) is 4.18. The minimum Gasteiger partial charge on any atom is -0.367 e. The van der Waals surface area contributed by atoms with E-state index in [9.17, 15) is 0 Å². The Labute approximate surface area is 137 Å². The molecule has 0 spiro atoms. The molecule has 1 atom stereocenters. The van der Waals surface area contributed by atoms with Crippen LogP contribution in [-0.4, -0.2) is 31.1 Å². The molecular formula is C19H22ClNO. The van der Waals surface area contributed by atoms with Crippen LogP contribution in [0.2, 0.25) is 5.02 Å². The molecule has 0 saturated carbocycles. The van der Waals surface area contributed by atoms with E-state index in [0.29, 0.717) is 0 Å². The Morgan fingerprint density at radius 1 is 0.909 bits per heavy atom. The van der Waals surface area contributed by atoms with Gasteiger partial charge in [0.2, 0.25) is 0 Å². The van der Waals surface area contributed by atoms with E-state index in [4.69, 9.17) is 16.3 Å². The molecule has 3 heteroatoms. The zero-order valence-corrected chi connectivity index (χ0v) is 13.5. The number of hydrogen-bond acceptors (Lipinski definition) is 2. The number of benzene rings is 2. The highest BCUT2D eigenvalue weighted by molar-refractivity contribution is 6.30. The summed E-state index contributed by atoms with van der Waals surface area (Å²) < 4.78 is 6.23. The van der Waals surface area contributed by atoms with E-state index in [1.807, 2.05) is 18.2 Å². The number of rotatable bonds is 6. The van der Waals surface area contributed by atoms with E-state index in [0.717, 1.165) is 23.7 Å². The summed E-state index contributed by atoms with van der Waals surface area (Å²) in [5, 5.41) is 0.757. The van der Waals surface area contributed by atoms with E-state index in [1.54, 1.807) is 0 Å². The van der Waals surface area contributed by atoms with Gasteiger partial charge in [-0.3, -0.25) is 0 Å². The number of halogens is 1. The number of likely N-dealkylation sites (tertiary alicyclic amines) is 1. The van der Waals surface area contributed by atoms with Gasteiger partial charge in [0.05, 0.1) is 6.61 Å². The molecule has 22 heavy (non-hydrogen) atoms. The summed E-state index contributed by atoms with van der Waals surface area (Å²) in [7, 11) is 0. The van der Waals surface area contributed by atoms with Gasteiger partial charge >= 0.3 is 0 Å². The molecule has 0 aliphatic carbocycles. The number of hydrogen-bond donors (Lipinski definition) is 0. The molecule has 1 aliphatic heterocycles. The van der Waals surface area contributed by atoms with Gasteiger partial charge in [0, 0.05) is 11.6 Å². The van der Waals surface area contributed by atoms with Crippen LogP contribution in [0.3, 0.4) is 0 Å². The molecule has 0 radical (unpaired) electrons. The Hall–Kier alpha value is -1.35. The second-order valence-corrected chi connectivity index (χ2v) is 6.20. The fourth-order valence-corrected chi connectivity index (χ4v) is 3.08. The van der Waals surface area contributed by atoms with Gasteiger partial charge in [-0.25, -0.2) is 0 Å². The highest BCUT2D eigenvalue weighted by Crippen LogP contribution is 2.27. The molecule has 1 aliphatic rings. The van der Waals surface area contributed by atoms with Crippen LogP contribution in [0, 0.1) is 0 Å². The zero-order chi connectivity index (χ0) is 15.2. The van der Waals surface area contributed by atoms with Crippen molar-refractivity contribution in [1.82, 2.24) is 4.90 Å². The predicted octanol–water partition coefficient (Wildman–Crippen LogP) is 4.54. The standard InChI is InChI=1S/C19H22ClNO/c20-18-10-8-17(9-11-18)19(16-6-2-1-3-7-16)22-15-14-21-12-4-5-13-21/h1-3,6-11,19H,4-5,12-15H2/t19-/m0/s1. The van der Waals surface area contributed by atoms with Crippen molar-refractivity contribution in [3.05, 3.63) is 70.7 Å². The average Bonchev–Trinajstić information content (AvgIpc) is 3.07. The van der Waals surface area contributed by atoms with Gasteiger partial charge in [0.25, 0.3) is 0 Å². The van der Waals surface area contributed by atoms with Crippen LogP contribution < -0.4 is 0 Å². The van der Waals surface area contributed by atoms with Crippen molar-refractivity contribution in [1.29, 1.82) is 0 Å². The van der Waals surface area contributed by atoms with Crippen LogP contribution in [-0.2, 0) is 4.74 Å². The first kappa shape index (κ1) is 15.5. The lowest BCUT2D eigenvalue weighted by Gasteiger charge is -2.21. The fraction of sp³-hybridized carbons (Fsp3) is 0.368.